The number of pyridine rings is 1. The van der Waals surface area contributed by atoms with Gasteiger partial charge in [0, 0.05) is 12.6 Å². The van der Waals surface area contributed by atoms with E-state index in [0.717, 1.165) is 4.57 Å². The molecule has 0 aromatic carbocycles. The fraction of sp³-hybridized carbons (Fsp3) is 0.550. The van der Waals surface area contributed by atoms with E-state index in [-0.39, 0.29) is 12.2 Å². The average Bonchev–Trinajstić information content (AvgIpc) is 2.99. The molecule has 196 valence electrons. The van der Waals surface area contributed by atoms with E-state index in [1.54, 1.807) is 27.7 Å². The predicted octanol–water partition coefficient (Wildman–Crippen LogP) is 6.32. The molecule has 2 aromatic rings. The van der Waals surface area contributed by atoms with Crippen molar-refractivity contribution >= 4 is 17.6 Å². The Morgan fingerprint density at radius 2 is 1.69 bits per heavy atom. The van der Waals surface area contributed by atoms with Crippen molar-refractivity contribution in [3.8, 4) is 11.6 Å². The first kappa shape index (κ1) is 28.6. The van der Waals surface area contributed by atoms with Gasteiger partial charge in [-0.05, 0) is 38.8 Å². The second kappa shape index (κ2) is 10.2. The van der Waals surface area contributed by atoms with Gasteiger partial charge in [-0.15, -0.1) is 0 Å². The zero-order valence-electron chi connectivity index (χ0n) is 18.7. The van der Waals surface area contributed by atoms with Crippen molar-refractivity contribution in [3.05, 3.63) is 34.5 Å². The lowest BCUT2D eigenvalue weighted by molar-refractivity contribution is -0.283. The molecule has 35 heavy (non-hydrogen) atoms. The first-order valence-electron chi connectivity index (χ1n) is 9.93. The lowest BCUT2D eigenvalue weighted by Gasteiger charge is -2.23. The average molecular weight is 538 g/mol. The molecule has 0 fully saturated rings. The number of rotatable bonds is 7. The highest BCUT2D eigenvalue weighted by Gasteiger charge is 2.56. The molecule has 0 spiro atoms. The van der Waals surface area contributed by atoms with Gasteiger partial charge in [-0.3, -0.25) is 4.57 Å². The largest absolute Gasteiger partial charge is 0.455 e. The van der Waals surface area contributed by atoms with Gasteiger partial charge in [0.2, 0.25) is 0 Å². The Labute approximate surface area is 199 Å². The van der Waals surface area contributed by atoms with Gasteiger partial charge >= 0.3 is 24.9 Å². The van der Waals surface area contributed by atoms with Gasteiger partial charge in [-0.25, -0.2) is 14.8 Å². The maximum absolute atomic E-state index is 13.0. The topological polar surface area (TPSA) is 66.2 Å². The maximum Gasteiger partial charge on any atom is 0.400 e. The number of ether oxygens (including phenoxy) is 2. The van der Waals surface area contributed by atoms with Crippen LogP contribution < -0.4 is 4.74 Å². The summed E-state index contributed by atoms with van der Waals surface area (Å²) in [5.41, 5.74) is -2.01. The number of hydrogen-bond donors (Lipinski definition) is 0. The Kier molecular flexibility index (Phi) is 8.29. The van der Waals surface area contributed by atoms with Crippen LogP contribution in [-0.4, -0.2) is 45.1 Å². The smallest absolute Gasteiger partial charge is 0.400 e. The van der Waals surface area contributed by atoms with E-state index < -0.39 is 70.9 Å². The van der Waals surface area contributed by atoms with Crippen LogP contribution in [0.1, 0.15) is 49.6 Å². The van der Waals surface area contributed by atoms with Gasteiger partial charge in [0.05, 0.1) is 0 Å². The lowest BCUT2D eigenvalue weighted by Crippen LogP contribution is -2.38. The molecule has 2 rings (SSSR count). The summed E-state index contributed by atoms with van der Waals surface area (Å²) in [6, 6.07) is 0.571. The van der Waals surface area contributed by atoms with E-state index in [9.17, 15) is 39.9 Å². The van der Waals surface area contributed by atoms with Gasteiger partial charge in [0.15, 0.2) is 23.2 Å². The molecule has 0 aliphatic carbocycles. The summed E-state index contributed by atoms with van der Waals surface area (Å²) in [5, 5.41) is -0.432. The number of hydrogen-bond acceptors (Lipinski definition) is 5. The van der Waals surface area contributed by atoms with E-state index in [4.69, 9.17) is 16.3 Å². The third-order valence-electron chi connectivity index (χ3n) is 4.35. The number of nitrogens with zero attached hydrogens (tertiary/aromatic N) is 3. The van der Waals surface area contributed by atoms with Gasteiger partial charge in [-0.1, -0.05) is 18.5 Å². The molecule has 2 aromatic heterocycles. The van der Waals surface area contributed by atoms with Crippen LogP contribution >= 0.6 is 11.6 Å². The van der Waals surface area contributed by atoms with Crippen LogP contribution in [0.5, 0.6) is 5.75 Å². The van der Waals surface area contributed by atoms with Crippen molar-refractivity contribution in [2.24, 2.45) is 5.92 Å². The highest BCUT2D eigenvalue weighted by atomic mass is 35.5. The second-order valence-corrected chi connectivity index (χ2v) is 8.60. The number of aryl methyl sites for hydroxylation is 1. The van der Waals surface area contributed by atoms with Gasteiger partial charge < -0.3 is 9.47 Å². The molecule has 0 aliphatic heterocycles. The van der Waals surface area contributed by atoms with Crippen molar-refractivity contribution in [1.82, 2.24) is 14.5 Å². The summed E-state index contributed by atoms with van der Waals surface area (Å²) >= 11 is 6.24. The summed E-state index contributed by atoms with van der Waals surface area (Å²) in [5.74, 6) is -6.09. The minimum absolute atomic E-state index is 0.0127. The van der Waals surface area contributed by atoms with Gasteiger partial charge in [0.1, 0.15) is 16.6 Å². The number of halogens is 9. The molecule has 0 atom stereocenters. The summed E-state index contributed by atoms with van der Waals surface area (Å²) in [6.45, 7) is 2.76. The quantitative estimate of drug-likeness (QED) is 0.305. The van der Waals surface area contributed by atoms with Gasteiger partial charge in [-0.2, -0.15) is 35.1 Å². The Hall–Kier alpha value is -2.64. The van der Waals surface area contributed by atoms with Crippen molar-refractivity contribution < 1.29 is 49.4 Å². The van der Waals surface area contributed by atoms with Crippen molar-refractivity contribution in [3.63, 3.8) is 0 Å². The third kappa shape index (κ3) is 7.18. The molecule has 0 amide bonds. The summed E-state index contributed by atoms with van der Waals surface area (Å²) in [6.07, 6.45) is -12.2. The van der Waals surface area contributed by atoms with E-state index in [1.807, 2.05) is 0 Å². The van der Waals surface area contributed by atoms with Crippen molar-refractivity contribution in [2.75, 3.05) is 0 Å². The highest BCUT2D eigenvalue weighted by Crippen LogP contribution is 2.42. The van der Waals surface area contributed by atoms with Crippen LogP contribution in [0.2, 0.25) is 5.15 Å². The first-order chi connectivity index (χ1) is 15.8. The fourth-order valence-corrected chi connectivity index (χ4v) is 3.24. The van der Waals surface area contributed by atoms with Gasteiger partial charge in [0.25, 0.3) is 0 Å². The van der Waals surface area contributed by atoms with Crippen molar-refractivity contribution in [2.45, 2.75) is 65.1 Å². The minimum atomic E-state index is -5.65. The van der Waals surface area contributed by atoms with E-state index in [1.165, 1.54) is 0 Å². The molecule has 0 unspecified atom stereocenters. The van der Waals surface area contributed by atoms with E-state index in [2.05, 4.69) is 14.7 Å². The van der Waals surface area contributed by atoms with Crippen LogP contribution in [0.25, 0.3) is 5.82 Å². The molecule has 2 heterocycles. The van der Waals surface area contributed by atoms with E-state index in [0.29, 0.717) is 12.3 Å². The summed E-state index contributed by atoms with van der Waals surface area (Å²) in [4.78, 5) is 20.2. The monoisotopic (exact) mass is 537 g/mol. The number of carbonyl (C=O) groups is 1. The Bertz CT molecular complexity index is 1050. The summed E-state index contributed by atoms with van der Waals surface area (Å²) in [7, 11) is 0. The fourth-order valence-electron chi connectivity index (χ4n) is 2.95. The van der Waals surface area contributed by atoms with Crippen LogP contribution in [0.3, 0.4) is 0 Å². The Morgan fingerprint density at radius 1 is 1.11 bits per heavy atom. The molecule has 0 saturated carbocycles. The normalized spacial score (nSPS) is 13.0. The second-order valence-electron chi connectivity index (χ2n) is 8.24. The molecule has 6 nitrogen and oxygen atoms in total. The molecule has 0 N–H and O–H groups in total. The predicted molar refractivity (Wildman–Crippen MR) is 107 cm³/mol. The lowest BCUT2D eigenvalue weighted by atomic mass is 9.99. The minimum Gasteiger partial charge on any atom is -0.455 e. The maximum atomic E-state index is 13.0. The standard InChI is InChI=1S/C20H20ClF8N3O3/c1-5-12-31-13(16(33)35-18(2,3)4)14(21)32(12)15-10(34-17(22)23)6-9(8-30-15)7-11(19(24,25)26)20(27,28)29/h6,8,11,17H,5,7H2,1-4H3. The van der Waals surface area contributed by atoms with Crippen LogP contribution in [0, 0.1) is 5.92 Å². The zero-order chi connectivity index (χ0) is 26.9. The number of imidazole rings is 1. The Balaban J connectivity index is 2.62. The number of carbonyl (C=O) groups excluding carboxylic acids is 1. The number of esters is 1. The molecular formula is C20H20ClF8N3O3. The van der Waals surface area contributed by atoms with Crippen LogP contribution in [0.15, 0.2) is 12.3 Å². The molecule has 0 radical (unpaired) electrons. The SMILES string of the molecule is CCc1nc(C(=O)OC(C)(C)C)c(Cl)n1-c1ncc(CC(C(F)(F)F)C(F)(F)F)cc1OC(F)F. The van der Waals surface area contributed by atoms with Crippen molar-refractivity contribution in [1.29, 1.82) is 0 Å². The molecule has 0 aliphatic rings. The third-order valence-corrected chi connectivity index (χ3v) is 4.69. The molecular weight excluding hydrogens is 518 g/mol. The number of aromatic nitrogens is 3. The van der Waals surface area contributed by atoms with Crippen LogP contribution in [0.4, 0.5) is 35.1 Å². The number of alkyl halides is 8. The Morgan fingerprint density at radius 3 is 2.14 bits per heavy atom. The molecule has 0 saturated heterocycles. The molecule has 0 bridgehead atoms. The zero-order valence-corrected chi connectivity index (χ0v) is 19.4. The van der Waals surface area contributed by atoms with E-state index >= 15 is 0 Å². The highest BCUT2D eigenvalue weighted by molar-refractivity contribution is 6.32. The first-order valence-corrected chi connectivity index (χ1v) is 10.3. The molecule has 15 heteroatoms. The van der Waals surface area contributed by atoms with Crippen LogP contribution in [-0.2, 0) is 17.6 Å². The summed E-state index contributed by atoms with van der Waals surface area (Å²) < 4.78 is 114.